The topological polar surface area (TPSA) is 136 Å². The van der Waals surface area contributed by atoms with Gasteiger partial charge in [-0.15, -0.1) is 4.51 Å². The zero-order valence-electron chi connectivity index (χ0n) is 15.7. The summed E-state index contributed by atoms with van der Waals surface area (Å²) >= 11 is 5.31. The second kappa shape index (κ2) is 8.72. The van der Waals surface area contributed by atoms with Crippen molar-refractivity contribution in [1.29, 1.82) is 0 Å². The van der Waals surface area contributed by atoms with Crippen LogP contribution in [0.25, 0.3) is 10.8 Å². The lowest BCUT2D eigenvalue weighted by Crippen LogP contribution is -2.39. The molecule has 0 atom stereocenters. The molecule has 2 rings (SSSR count). The Morgan fingerprint density at radius 3 is 2.71 bits per heavy atom. The summed E-state index contributed by atoms with van der Waals surface area (Å²) in [6.07, 6.45) is 3.04. The number of hydrogen-bond donors (Lipinski definition) is 3. The fourth-order valence-corrected chi connectivity index (χ4v) is 3.63. The molecule has 0 saturated heterocycles. The lowest BCUT2D eigenvalue weighted by atomic mass is 9.94. The number of hydrogen-bond acceptors (Lipinski definition) is 6. The molecule has 2 aromatic rings. The molecule has 1 aromatic carbocycles. The fraction of sp³-hybridized carbons (Fsp3) is 0.353. The first-order chi connectivity index (χ1) is 13.1. The molecule has 4 N–H and O–H groups in total. The van der Waals surface area contributed by atoms with Gasteiger partial charge in [-0.2, -0.15) is 0 Å². The summed E-state index contributed by atoms with van der Waals surface area (Å²) in [5, 5.41) is 4.03. The van der Waals surface area contributed by atoms with Crippen molar-refractivity contribution in [2.75, 3.05) is 18.5 Å². The van der Waals surface area contributed by atoms with Crippen LogP contribution in [0.1, 0.15) is 20.8 Å². The Hall–Kier alpha value is -2.43. The molecule has 1 heterocycles. The number of ether oxygens (including phenoxy) is 1. The third-order valence-corrected chi connectivity index (χ3v) is 5.51. The molecule has 0 aliphatic heterocycles. The summed E-state index contributed by atoms with van der Waals surface area (Å²) in [4.78, 5) is 16.0. The summed E-state index contributed by atoms with van der Waals surface area (Å²) in [5.41, 5.74) is 5.08. The summed E-state index contributed by atoms with van der Waals surface area (Å²) in [5.74, 6) is -0.495. The minimum absolute atomic E-state index is 0.0180. The first kappa shape index (κ1) is 21.9. The van der Waals surface area contributed by atoms with Crippen molar-refractivity contribution in [3.8, 4) is 0 Å². The first-order valence-electron chi connectivity index (χ1n) is 8.37. The molecule has 28 heavy (non-hydrogen) atoms. The molecule has 0 saturated carbocycles. The van der Waals surface area contributed by atoms with Gasteiger partial charge in [-0.1, -0.05) is 6.07 Å². The van der Waals surface area contributed by atoms with Crippen LogP contribution in [0, 0.1) is 5.41 Å². The molecule has 0 aliphatic carbocycles. The van der Waals surface area contributed by atoms with Gasteiger partial charge in [0, 0.05) is 35.3 Å². The highest BCUT2D eigenvalue weighted by atomic mass is 35.5. The number of benzene rings is 1. The summed E-state index contributed by atoms with van der Waals surface area (Å²) in [6, 6.07) is 4.54. The molecule has 11 heteroatoms. The van der Waals surface area contributed by atoms with E-state index >= 15 is 0 Å². The van der Waals surface area contributed by atoms with Crippen LogP contribution in [0.3, 0.4) is 0 Å². The van der Waals surface area contributed by atoms with Crippen molar-refractivity contribution in [2.24, 2.45) is 15.7 Å². The quantitative estimate of drug-likeness (QED) is 0.349. The van der Waals surface area contributed by atoms with Gasteiger partial charge < -0.3 is 15.8 Å². The van der Waals surface area contributed by atoms with Crippen LogP contribution in [0.2, 0.25) is 0 Å². The van der Waals surface area contributed by atoms with Crippen molar-refractivity contribution in [1.82, 2.24) is 9.71 Å². The zero-order chi connectivity index (χ0) is 20.9. The monoisotopic (exact) mass is 427 g/mol. The van der Waals surface area contributed by atoms with E-state index < -0.39 is 21.4 Å². The second-order valence-corrected chi connectivity index (χ2v) is 8.53. The molecular formula is C17H22ClN5O4S. The average molecular weight is 428 g/mol. The number of sulfonamides is 1. The molecule has 1 aromatic heterocycles. The minimum Gasteiger partial charge on any atom is -0.466 e. The number of rotatable bonds is 7. The maximum atomic E-state index is 12.7. The fourth-order valence-electron chi connectivity index (χ4n) is 2.34. The highest BCUT2D eigenvalue weighted by molar-refractivity contribution is 7.89. The van der Waals surface area contributed by atoms with Gasteiger partial charge in [-0.05, 0) is 32.9 Å². The number of nitrogens with zero attached hydrogens (tertiary/aromatic N) is 2. The smallest absolute Gasteiger partial charge is 0.312 e. The van der Waals surface area contributed by atoms with E-state index in [-0.39, 0.29) is 24.0 Å². The average Bonchev–Trinajstić information content (AvgIpc) is 2.66. The molecule has 152 valence electrons. The third kappa shape index (κ3) is 5.09. The lowest BCUT2D eigenvalue weighted by molar-refractivity contribution is -0.152. The Kier molecular flexibility index (Phi) is 6.81. The Morgan fingerprint density at radius 1 is 1.36 bits per heavy atom. The maximum absolute atomic E-state index is 12.7. The predicted octanol–water partition coefficient (Wildman–Crippen LogP) is 1.98. The van der Waals surface area contributed by atoms with Crippen LogP contribution in [0.5, 0.6) is 0 Å². The number of halogens is 1. The van der Waals surface area contributed by atoms with Crippen LogP contribution >= 0.6 is 11.8 Å². The molecule has 0 fully saturated rings. The highest BCUT2D eigenvalue weighted by Gasteiger charge is 2.31. The van der Waals surface area contributed by atoms with Crippen LogP contribution in [-0.2, 0) is 19.6 Å². The van der Waals surface area contributed by atoms with E-state index in [1.807, 2.05) is 0 Å². The van der Waals surface area contributed by atoms with Crippen LogP contribution in [0.4, 0.5) is 5.69 Å². The summed E-state index contributed by atoms with van der Waals surface area (Å²) in [7, 11) is -3.85. The van der Waals surface area contributed by atoms with Crippen molar-refractivity contribution in [3.05, 3.63) is 30.6 Å². The SMILES string of the molecule is CCOC(=O)C(C)(C)CNS(=O)(=O)c1ccc2c(NC(N)=NCl)cncc2c1. The molecule has 0 unspecified atom stereocenters. The number of pyridine rings is 1. The number of carbonyl (C=O) groups is 1. The van der Waals surface area contributed by atoms with E-state index in [0.717, 1.165) is 0 Å². The molecule has 0 amide bonds. The minimum atomic E-state index is -3.85. The standard InChI is InChI=1S/C17H22ClN5O4S/c1-4-27-15(24)17(2,3)10-21-28(25,26)12-5-6-13-11(7-12)8-20-9-14(13)22-16(19)23-18/h5-9,21H,4,10H2,1-3H3,(H3,19,22,23). The Labute approximate surface area is 168 Å². The van der Waals surface area contributed by atoms with Gasteiger partial charge in [-0.25, -0.2) is 13.1 Å². The van der Waals surface area contributed by atoms with Crippen molar-refractivity contribution < 1.29 is 17.9 Å². The van der Waals surface area contributed by atoms with Gasteiger partial charge in [0.2, 0.25) is 16.0 Å². The number of guanidine groups is 1. The van der Waals surface area contributed by atoms with E-state index in [2.05, 4.69) is 19.5 Å². The van der Waals surface area contributed by atoms with Crippen molar-refractivity contribution >= 4 is 50.2 Å². The second-order valence-electron chi connectivity index (χ2n) is 6.59. The number of fused-ring (bicyclic) bond motifs is 1. The number of nitrogens with two attached hydrogens (primary N) is 1. The summed E-state index contributed by atoms with van der Waals surface area (Å²) < 4.78 is 36.0. The van der Waals surface area contributed by atoms with E-state index in [4.69, 9.17) is 22.2 Å². The van der Waals surface area contributed by atoms with Gasteiger partial charge >= 0.3 is 5.97 Å². The number of anilines is 1. The van der Waals surface area contributed by atoms with Gasteiger partial charge in [0.15, 0.2) is 0 Å². The molecular weight excluding hydrogens is 406 g/mol. The molecule has 0 aliphatic rings. The van der Waals surface area contributed by atoms with E-state index in [1.165, 1.54) is 24.5 Å². The molecule has 0 spiro atoms. The maximum Gasteiger partial charge on any atom is 0.312 e. The lowest BCUT2D eigenvalue weighted by Gasteiger charge is -2.22. The largest absolute Gasteiger partial charge is 0.466 e. The highest BCUT2D eigenvalue weighted by Crippen LogP contribution is 2.25. The van der Waals surface area contributed by atoms with Crippen LogP contribution in [0.15, 0.2) is 40.0 Å². The Balaban J connectivity index is 2.28. The molecule has 9 nitrogen and oxygen atoms in total. The number of esters is 1. The number of nitrogens with one attached hydrogen (secondary N) is 2. The molecule has 0 radical (unpaired) electrons. The first-order valence-corrected chi connectivity index (χ1v) is 10.2. The van der Waals surface area contributed by atoms with E-state index in [9.17, 15) is 13.2 Å². The number of aromatic nitrogens is 1. The van der Waals surface area contributed by atoms with Gasteiger partial charge in [-0.3, -0.25) is 9.78 Å². The van der Waals surface area contributed by atoms with Crippen molar-refractivity contribution in [2.45, 2.75) is 25.7 Å². The van der Waals surface area contributed by atoms with Gasteiger partial charge in [0.25, 0.3) is 0 Å². The Bertz CT molecular complexity index is 1010. The summed E-state index contributed by atoms with van der Waals surface area (Å²) in [6.45, 7) is 5.03. The van der Waals surface area contributed by atoms with Gasteiger partial charge in [0.05, 0.1) is 28.8 Å². The zero-order valence-corrected chi connectivity index (χ0v) is 17.3. The predicted molar refractivity (Wildman–Crippen MR) is 108 cm³/mol. The van der Waals surface area contributed by atoms with Crippen LogP contribution < -0.4 is 15.8 Å². The normalized spacial score (nSPS) is 12.8. The van der Waals surface area contributed by atoms with Crippen molar-refractivity contribution in [3.63, 3.8) is 0 Å². The molecule has 0 bridgehead atoms. The van der Waals surface area contributed by atoms with E-state index in [1.54, 1.807) is 26.8 Å². The third-order valence-electron chi connectivity index (χ3n) is 3.93. The number of carbonyl (C=O) groups excluding carboxylic acids is 1. The Morgan fingerprint density at radius 2 is 2.07 bits per heavy atom. The van der Waals surface area contributed by atoms with Gasteiger partial charge in [0.1, 0.15) is 0 Å². The van der Waals surface area contributed by atoms with E-state index in [0.29, 0.717) is 16.5 Å². The van der Waals surface area contributed by atoms with Crippen LogP contribution in [-0.4, -0.2) is 38.5 Å².